The number of aromatic amines is 1. The van der Waals surface area contributed by atoms with Crippen LogP contribution < -0.4 is 33.2 Å². The van der Waals surface area contributed by atoms with Crippen LogP contribution in [0.5, 0.6) is 0 Å². The van der Waals surface area contributed by atoms with Crippen LogP contribution in [0.4, 0.5) is 0 Å². The van der Waals surface area contributed by atoms with Gasteiger partial charge in [-0.25, -0.2) is 9.78 Å². The summed E-state index contributed by atoms with van der Waals surface area (Å²) >= 11 is 0. The molecule has 0 saturated heterocycles. The lowest BCUT2D eigenvalue weighted by molar-refractivity contribution is -0.142. The summed E-state index contributed by atoms with van der Waals surface area (Å²) in [6, 6.07) is -5.41. The highest BCUT2D eigenvalue weighted by molar-refractivity contribution is 5.94. The van der Waals surface area contributed by atoms with Crippen molar-refractivity contribution in [3.8, 4) is 0 Å². The summed E-state index contributed by atoms with van der Waals surface area (Å²) in [6.45, 7) is -1.45. The van der Waals surface area contributed by atoms with Crippen molar-refractivity contribution < 1.29 is 34.5 Å². The third-order valence-electron chi connectivity index (χ3n) is 4.53. The number of aliphatic hydroxyl groups is 2. The number of rotatable bonds is 15. The molecule has 190 valence electrons. The molecule has 1 aromatic heterocycles. The zero-order chi connectivity index (χ0) is 25.7. The SMILES string of the molecule is NC(N)=NCCCC(N)C(=O)NC(CO)C(=O)NC(CO)C(=O)NC(Cc1cnc[nH]1)C(=O)O. The zero-order valence-corrected chi connectivity index (χ0v) is 18.3. The first kappa shape index (κ1) is 28.3. The number of carbonyl (C=O) groups excluding carboxylic acids is 3. The second-order valence-electron chi connectivity index (χ2n) is 7.22. The van der Waals surface area contributed by atoms with Gasteiger partial charge in [-0.15, -0.1) is 0 Å². The number of aromatic nitrogens is 2. The second-order valence-corrected chi connectivity index (χ2v) is 7.22. The van der Waals surface area contributed by atoms with Crippen molar-refractivity contribution in [2.45, 2.75) is 43.4 Å². The van der Waals surface area contributed by atoms with Crippen LogP contribution in [-0.2, 0) is 25.6 Å². The number of aliphatic hydroxyl groups excluding tert-OH is 2. The van der Waals surface area contributed by atoms with E-state index in [1.165, 1.54) is 12.5 Å². The first-order chi connectivity index (χ1) is 16.1. The molecule has 13 N–H and O–H groups in total. The van der Waals surface area contributed by atoms with Crippen LogP contribution in [0.15, 0.2) is 17.5 Å². The number of hydrogen-bond donors (Lipinski definition) is 10. The number of carboxylic acids is 1. The molecular weight excluding hydrogens is 454 g/mol. The van der Waals surface area contributed by atoms with E-state index in [1.54, 1.807) is 0 Å². The molecule has 0 radical (unpaired) electrons. The van der Waals surface area contributed by atoms with Gasteiger partial charge in [-0.05, 0) is 12.8 Å². The highest BCUT2D eigenvalue weighted by Gasteiger charge is 2.30. The van der Waals surface area contributed by atoms with Crippen molar-refractivity contribution in [3.63, 3.8) is 0 Å². The molecule has 0 spiro atoms. The molecule has 4 atom stereocenters. The van der Waals surface area contributed by atoms with Gasteiger partial charge in [0, 0.05) is 24.9 Å². The number of nitrogens with zero attached hydrogens (tertiary/aromatic N) is 2. The Morgan fingerprint density at radius 1 is 1.00 bits per heavy atom. The van der Waals surface area contributed by atoms with E-state index >= 15 is 0 Å². The van der Waals surface area contributed by atoms with E-state index in [-0.39, 0.29) is 25.3 Å². The van der Waals surface area contributed by atoms with Crippen LogP contribution in [0, 0.1) is 0 Å². The first-order valence-electron chi connectivity index (χ1n) is 10.2. The number of carbonyl (C=O) groups is 4. The molecule has 16 heteroatoms. The molecule has 34 heavy (non-hydrogen) atoms. The highest BCUT2D eigenvalue weighted by atomic mass is 16.4. The molecule has 0 aromatic carbocycles. The first-order valence-corrected chi connectivity index (χ1v) is 10.2. The Bertz CT molecular complexity index is 843. The van der Waals surface area contributed by atoms with Gasteiger partial charge in [-0.1, -0.05) is 0 Å². The Morgan fingerprint density at radius 3 is 2.03 bits per heavy atom. The van der Waals surface area contributed by atoms with Crippen molar-refractivity contribution in [3.05, 3.63) is 18.2 Å². The molecule has 0 bridgehead atoms. The summed E-state index contributed by atoms with van der Waals surface area (Å²) in [5.74, 6) is -4.16. The average molecular weight is 486 g/mol. The number of guanidine groups is 1. The fraction of sp³-hybridized carbons (Fsp3) is 0.556. The maximum absolute atomic E-state index is 12.4. The van der Waals surface area contributed by atoms with Crippen LogP contribution in [0.3, 0.4) is 0 Å². The molecule has 1 heterocycles. The third kappa shape index (κ3) is 9.80. The second kappa shape index (κ2) is 14.4. The summed E-state index contributed by atoms with van der Waals surface area (Å²) < 4.78 is 0. The Balaban J connectivity index is 2.65. The summed E-state index contributed by atoms with van der Waals surface area (Å²) in [5, 5.41) is 34.9. The van der Waals surface area contributed by atoms with Crippen molar-refractivity contribution in [2.75, 3.05) is 19.8 Å². The number of carboxylic acid groups (broad SMARTS) is 1. The van der Waals surface area contributed by atoms with Crippen LogP contribution in [0.25, 0.3) is 0 Å². The third-order valence-corrected chi connectivity index (χ3v) is 4.53. The smallest absolute Gasteiger partial charge is 0.326 e. The van der Waals surface area contributed by atoms with Crippen LogP contribution >= 0.6 is 0 Å². The Morgan fingerprint density at radius 2 is 1.56 bits per heavy atom. The number of aliphatic imine (C=N–C) groups is 1. The predicted octanol–water partition coefficient (Wildman–Crippen LogP) is -5.14. The van der Waals surface area contributed by atoms with Gasteiger partial charge >= 0.3 is 5.97 Å². The van der Waals surface area contributed by atoms with Gasteiger partial charge in [0.15, 0.2) is 5.96 Å². The summed E-state index contributed by atoms with van der Waals surface area (Å²) in [5.41, 5.74) is 16.6. The predicted molar refractivity (Wildman–Crippen MR) is 118 cm³/mol. The Kier molecular flexibility index (Phi) is 12.0. The van der Waals surface area contributed by atoms with Crippen molar-refractivity contribution in [1.82, 2.24) is 25.9 Å². The van der Waals surface area contributed by atoms with Gasteiger partial charge in [0.05, 0.1) is 25.6 Å². The summed E-state index contributed by atoms with van der Waals surface area (Å²) in [7, 11) is 0. The summed E-state index contributed by atoms with van der Waals surface area (Å²) in [6.07, 6.45) is 3.18. The lowest BCUT2D eigenvalue weighted by atomic mass is 10.1. The number of nitrogens with two attached hydrogens (primary N) is 3. The average Bonchev–Trinajstić information content (AvgIpc) is 3.30. The maximum Gasteiger partial charge on any atom is 0.326 e. The van der Waals surface area contributed by atoms with Gasteiger partial charge in [-0.3, -0.25) is 19.4 Å². The van der Waals surface area contributed by atoms with Crippen molar-refractivity contribution in [1.29, 1.82) is 0 Å². The van der Waals surface area contributed by atoms with Gasteiger partial charge in [0.1, 0.15) is 18.1 Å². The lowest BCUT2D eigenvalue weighted by Crippen LogP contribution is -2.59. The van der Waals surface area contributed by atoms with Gasteiger partial charge in [-0.2, -0.15) is 0 Å². The minimum atomic E-state index is -1.55. The number of amides is 3. The van der Waals surface area contributed by atoms with Crippen LogP contribution in [0.2, 0.25) is 0 Å². The molecule has 4 unspecified atom stereocenters. The molecule has 0 aliphatic heterocycles. The fourth-order valence-corrected chi connectivity index (χ4v) is 2.68. The minimum Gasteiger partial charge on any atom is -0.480 e. The maximum atomic E-state index is 12.4. The molecular formula is C18H31N9O7. The van der Waals surface area contributed by atoms with E-state index in [0.29, 0.717) is 12.1 Å². The molecule has 0 fully saturated rings. The van der Waals surface area contributed by atoms with Gasteiger partial charge in [0.2, 0.25) is 17.7 Å². The van der Waals surface area contributed by atoms with E-state index in [1.807, 2.05) is 0 Å². The van der Waals surface area contributed by atoms with E-state index in [9.17, 15) is 34.5 Å². The van der Waals surface area contributed by atoms with Crippen molar-refractivity contribution in [2.24, 2.45) is 22.2 Å². The molecule has 1 rings (SSSR count). The summed E-state index contributed by atoms with van der Waals surface area (Å²) in [4.78, 5) is 58.7. The number of H-pyrrole nitrogens is 1. The number of hydrogen-bond acceptors (Lipinski definition) is 9. The Labute approximate surface area is 194 Å². The molecule has 0 aliphatic rings. The van der Waals surface area contributed by atoms with E-state index in [2.05, 4.69) is 30.9 Å². The molecule has 1 aromatic rings. The standard InChI is InChI=1S/C18H31N9O7/c19-10(2-1-3-23-18(20)21)14(30)26-12(6-28)16(32)27-13(7-29)15(31)25-11(17(33)34)4-9-5-22-8-24-9/h5,8,10-13,28-29H,1-4,6-7,19H2,(H,22,24)(H,25,31)(H,26,30)(H,27,32)(H,33,34)(H4,20,21,23). The molecule has 0 saturated carbocycles. The van der Waals surface area contributed by atoms with Gasteiger partial charge in [0.25, 0.3) is 0 Å². The van der Waals surface area contributed by atoms with E-state index in [4.69, 9.17) is 17.2 Å². The fourth-order valence-electron chi connectivity index (χ4n) is 2.68. The monoisotopic (exact) mass is 485 g/mol. The number of nitrogens with one attached hydrogen (secondary N) is 4. The largest absolute Gasteiger partial charge is 0.480 e. The van der Waals surface area contributed by atoms with Crippen molar-refractivity contribution >= 4 is 29.7 Å². The lowest BCUT2D eigenvalue weighted by Gasteiger charge is -2.23. The van der Waals surface area contributed by atoms with Crippen LogP contribution in [-0.4, -0.2) is 98.9 Å². The molecule has 0 aliphatic carbocycles. The number of imidazole rings is 1. The van der Waals surface area contributed by atoms with E-state index < -0.39 is 61.1 Å². The van der Waals surface area contributed by atoms with Crippen LogP contribution in [0.1, 0.15) is 18.5 Å². The topological polar surface area (TPSA) is 284 Å². The highest BCUT2D eigenvalue weighted by Crippen LogP contribution is 2.01. The van der Waals surface area contributed by atoms with Gasteiger partial charge < -0.3 is 53.5 Å². The normalized spacial score (nSPS) is 14.2. The molecule has 16 nitrogen and oxygen atoms in total. The molecule has 3 amide bonds. The Hall–Kier alpha value is -3.76. The van der Waals surface area contributed by atoms with E-state index in [0.717, 1.165) is 0 Å². The quantitative estimate of drug-likeness (QED) is 0.0636. The minimum absolute atomic E-state index is 0.103. The number of aliphatic carboxylic acids is 1. The zero-order valence-electron chi connectivity index (χ0n) is 18.3.